The molecule has 0 fully saturated rings. The highest BCUT2D eigenvalue weighted by Crippen LogP contribution is 2.27. The minimum Gasteiger partial charge on any atom is -0.464 e. The lowest BCUT2D eigenvalue weighted by molar-refractivity contribution is 0.317. The van der Waals surface area contributed by atoms with Gasteiger partial charge in [-0.05, 0) is 43.0 Å². The summed E-state index contributed by atoms with van der Waals surface area (Å²) in [6, 6.07) is 6.05. The largest absolute Gasteiger partial charge is 0.464 e. The normalized spacial score (nSPS) is 18.3. The summed E-state index contributed by atoms with van der Waals surface area (Å²) in [7, 11) is 0. The minimum atomic E-state index is 0.773. The van der Waals surface area contributed by atoms with Crippen LogP contribution in [0.1, 0.15) is 24.0 Å². The Morgan fingerprint density at radius 1 is 1.27 bits per heavy atom. The van der Waals surface area contributed by atoms with E-state index in [0.29, 0.717) is 0 Å². The predicted molar refractivity (Wildman–Crippen MR) is 57.5 cm³/mol. The van der Waals surface area contributed by atoms with Gasteiger partial charge in [0.15, 0.2) is 0 Å². The summed E-state index contributed by atoms with van der Waals surface area (Å²) in [6.45, 7) is 0. The van der Waals surface area contributed by atoms with Gasteiger partial charge in [-0.3, -0.25) is 0 Å². The lowest BCUT2D eigenvalue weighted by atomic mass is 9.89. The zero-order chi connectivity index (χ0) is 10.3. The summed E-state index contributed by atoms with van der Waals surface area (Å²) in [5, 5.41) is 13.4. The fourth-order valence-corrected chi connectivity index (χ4v) is 2.22. The Balaban J connectivity index is 2.29. The van der Waals surface area contributed by atoms with Gasteiger partial charge in [0.2, 0.25) is 0 Å². The van der Waals surface area contributed by atoms with Crippen LogP contribution in [0.4, 0.5) is 0 Å². The number of benzene rings is 1. The van der Waals surface area contributed by atoms with Gasteiger partial charge in [-0.2, -0.15) is 0 Å². The smallest absolute Gasteiger partial charge is 0.134 e. The van der Waals surface area contributed by atoms with Crippen molar-refractivity contribution in [3.05, 3.63) is 35.6 Å². The summed E-state index contributed by atoms with van der Waals surface area (Å²) in [4.78, 5) is 0. The number of aryl methyl sites for hydroxylation is 1. The molecule has 0 radical (unpaired) electrons. The molecule has 1 aromatic heterocycles. The number of nitrogens with zero attached hydrogens (tertiary/aromatic N) is 1. The van der Waals surface area contributed by atoms with Gasteiger partial charge in [0.1, 0.15) is 5.58 Å². The molecule has 0 amide bonds. The van der Waals surface area contributed by atoms with Gasteiger partial charge in [0.05, 0.1) is 12.0 Å². The van der Waals surface area contributed by atoms with Crippen molar-refractivity contribution >= 4 is 16.7 Å². The van der Waals surface area contributed by atoms with E-state index in [4.69, 9.17) is 9.62 Å². The summed E-state index contributed by atoms with van der Waals surface area (Å²) < 4.78 is 5.34. The second kappa shape index (κ2) is 3.12. The second-order valence-electron chi connectivity index (χ2n) is 3.87. The van der Waals surface area contributed by atoms with E-state index in [2.05, 4.69) is 11.2 Å². The highest BCUT2D eigenvalue weighted by molar-refractivity contribution is 6.04. The SMILES string of the molecule is ON=C1CCCc2cc3ccoc3cc21. The van der Waals surface area contributed by atoms with Gasteiger partial charge in [-0.1, -0.05) is 5.16 Å². The molecule has 3 heteroatoms. The molecular formula is C12H11NO2. The van der Waals surface area contributed by atoms with Crippen molar-refractivity contribution in [3.8, 4) is 0 Å². The molecule has 0 atom stereocenters. The Kier molecular flexibility index (Phi) is 1.78. The van der Waals surface area contributed by atoms with Crippen LogP contribution in [0.5, 0.6) is 0 Å². The van der Waals surface area contributed by atoms with E-state index in [0.717, 1.165) is 41.5 Å². The van der Waals surface area contributed by atoms with Gasteiger partial charge in [0, 0.05) is 10.9 Å². The predicted octanol–water partition coefficient (Wildman–Crippen LogP) is 2.95. The lowest BCUT2D eigenvalue weighted by Crippen LogP contribution is -2.11. The van der Waals surface area contributed by atoms with Crippen LogP contribution in [0, 0.1) is 0 Å². The first-order valence-corrected chi connectivity index (χ1v) is 5.10. The summed E-state index contributed by atoms with van der Waals surface area (Å²) in [5.74, 6) is 0. The van der Waals surface area contributed by atoms with Gasteiger partial charge >= 0.3 is 0 Å². The molecule has 76 valence electrons. The van der Waals surface area contributed by atoms with Gasteiger partial charge in [-0.15, -0.1) is 0 Å². The fourth-order valence-electron chi connectivity index (χ4n) is 2.22. The van der Waals surface area contributed by atoms with Gasteiger partial charge < -0.3 is 9.62 Å². The van der Waals surface area contributed by atoms with E-state index < -0.39 is 0 Å². The standard InChI is InChI=1S/C12H11NO2/c14-13-11-3-1-2-8-6-9-4-5-15-12(9)7-10(8)11/h4-7,14H,1-3H2. The first-order chi connectivity index (χ1) is 7.38. The van der Waals surface area contributed by atoms with Crippen molar-refractivity contribution in [1.82, 2.24) is 0 Å². The molecule has 0 unspecified atom stereocenters. The maximum atomic E-state index is 8.92. The van der Waals surface area contributed by atoms with E-state index in [-0.39, 0.29) is 0 Å². The van der Waals surface area contributed by atoms with E-state index >= 15 is 0 Å². The van der Waals surface area contributed by atoms with E-state index in [1.165, 1.54) is 5.56 Å². The topological polar surface area (TPSA) is 45.7 Å². The highest BCUT2D eigenvalue weighted by atomic mass is 16.4. The van der Waals surface area contributed by atoms with Crippen LogP contribution >= 0.6 is 0 Å². The first kappa shape index (κ1) is 8.53. The lowest BCUT2D eigenvalue weighted by Gasteiger charge is -2.16. The molecule has 1 aromatic carbocycles. The van der Waals surface area contributed by atoms with Crippen molar-refractivity contribution in [3.63, 3.8) is 0 Å². The zero-order valence-corrected chi connectivity index (χ0v) is 8.23. The third-order valence-electron chi connectivity index (χ3n) is 2.97. The van der Waals surface area contributed by atoms with E-state index in [9.17, 15) is 0 Å². The number of rotatable bonds is 0. The highest BCUT2D eigenvalue weighted by Gasteiger charge is 2.17. The first-order valence-electron chi connectivity index (χ1n) is 5.10. The summed E-state index contributed by atoms with van der Waals surface area (Å²) >= 11 is 0. The second-order valence-corrected chi connectivity index (χ2v) is 3.87. The summed E-state index contributed by atoms with van der Waals surface area (Å²) in [5.41, 5.74) is 3.92. The number of hydrogen-bond acceptors (Lipinski definition) is 3. The number of hydrogen-bond donors (Lipinski definition) is 1. The molecular weight excluding hydrogens is 190 g/mol. The third-order valence-corrected chi connectivity index (χ3v) is 2.97. The molecule has 0 spiro atoms. The molecule has 0 aliphatic heterocycles. The van der Waals surface area contributed by atoms with Crippen molar-refractivity contribution in [1.29, 1.82) is 0 Å². The molecule has 2 aromatic rings. The fraction of sp³-hybridized carbons (Fsp3) is 0.250. The van der Waals surface area contributed by atoms with Crippen LogP contribution < -0.4 is 0 Å². The Morgan fingerprint density at radius 2 is 2.20 bits per heavy atom. The van der Waals surface area contributed by atoms with Crippen LogP contribution in [0.2, 0.25) is 0 Å². The van der Waals surface area contributed by atoms with Crippen molar-refractivity contribution in [2.24, 2.45) is 5.16 Å². The Hall–Kier alpha value is -1.77. The van der Waals surface area contributed by atoms with Crippen LogP contribution in [0.3, 0.4) is 0 Å². The van der Waals surface area contributed by atoms with Gasteiger partial charge in [-0.25, -0.2) is 0 Å². The average molecular weight is 201 g/mol. The minimum absolute atomic E-state index is 0.773. The van der Waals surface area contributed by atoms with Crippen molar-refractivity contribution in [2.75, 3.05) is 0 Å². The molecule has 1 N–H and O–H groups in total. The Labute approximate surface area is 87.0 Å². The van der Waals surface area contributed by atoms with Crippen molar-refractivity contribution in [2.45, 2.75) is 19.3 Å². The van der Waals surface area contributed by atoms with Crippen LogP contribution in [0.15, 0.2) is 34.0 Å². The molecule has 1 aliphatic carbocycles. The zero-order valence-electron chi connectivity index (χ0n) is 8.23. The van der Waals surface area contributed by atoms with Crippen LogP contribution in [0.25, 0.3) is 11.0 Å². The summed E-state index contributed by atoms with van der Waals surface area (Å²) in [6.07, 6.45) is 4.63. The van der Waals surface area contributed by atoms with Crippen LogP contribution in [-0.4, -0.2) is 10.9 Å². The number of oxime groups is 1. The Morgan fingerprint density at radius 3 is 3.07 bits per heavy atom. The molecule has 0 bridgehead atoms. The third kappa shape index (κ3) is 1.23. The van der Waals surface area contributed by atoms with Crippen molar-refractivity contribution < 1.29 is 9.62 Å². The molecule has 0 saturated heterocycles. The van der Waals surface area contributed by atoms with Crippen LogP contribution in [-0.2, 0) is 6.42 Å². The van der Waals surface area contributed by atoms with Gasteiger partial charge in [0.25, 0.3) is 0 Å². The maximum Gasteiger partial charge on any atom is 0.134 e. The average Bonchev–Trinajstić information content (AvgIpc) is 2.72. The molecule has 0 saturated carbocycles. The maximum absolute atomic E-state index is 8.92. The molecule has 1 aliphatic rings. The number of furan rings is 1. The number of fused-ring (bicyclic) bond motifs is 2. The molecule has 3 nitrogen and oxygen atoms in total. The molecule has 1 heterocycles. The molecule has 3 rings (SSSR count). The monoisotopic (exact) mass is 201 g/mol. The quantitative estimate of drug-likeness (QED) is 0.526. The molecule has 15 heavy (non-hydrogen) atoms. The van der Waals surface area contributed by atoms with E-state index in [1.807, 2.05) is 12.1 Å². The Bertz CT molecular complexity index is 540. The van der Waals surface area contributed by atoms with E-state index in [1.54, 1.807) is 6.26 Å².